The number of amides is 1. The predicted molar refractivity (Wildman–Crippen MR) is 115 cm³/mol. The Labute approximate surface area is 171 Å². The van der Waals surface area contributed by atoms with Gasteiger partial charge >= 0.3 is 0 Å². The summed E-state index contributed by atoms with van der Waals surface area (Å²) in [6.07, 6.45) is 3.71. The SMILES string of the molecule is COc1ccc2cc([C@H](C)C(=O)N3CCN(Cc4cccnc4)CC3)ccc2c1. The molecule has 1 aliphatic heterocycles. The highest BCUT2D eigenvalue weighted by Gasteiger charge is 2.26. The second-order valence-corrected chi connectivity index (χ2v) is 7.66. The van der Waals surface area contributed by atoms with E-state index >= 15 is 0 Å². The summed E-state index contributed by atoms with van der Waals surface area (Å²) in [4.78, 5) is 21.6. The summed E-state index contributed by atoms with van der Waals surface area (Å²) in [6, 6.07) is 16.3. The summed E-state index contributed by atoms with van der Waals surface area (Å²) in [5.74, 6) is 0.906. The van der Waals surface area contributed by atoms with Crippen molar-refractivity contribution in [2.24, 2.45) is 0 Å². The first-order valence-corrected chi connectivity index (χ1v) is 10.1. The molecule has 3 aromatic rings. The van der Waals surface area contributed by atoms with Crippen molar-refractivity contribution in [3.05, 3.63) is 72.1 Å². The zero-order chi connectivity index (χ0) is 20.2. The maximum Gasteiger partial charge on any atom is 0.229 e. The lowest BCUT2D eigenvalue weighted by Crippen LogP contribution is -2.49. The molecule has 1 amide bonds. The van der Waals surface area contributed by atoms with E-state index in [0.29, 0.717) is 0 Å². The zero-order valence-corrected chi connectivity index (χ0v) is 17.0. The van der Waals surface area contributed by atoms with Gasteiger partial charge in [0.2, 0.25) is 5.91 Å². The summed E-state index contributed by atoms with van der Waals surface area (Å²) >= 11 is 0. The second-order valence-electron chi connectivity index (χ2n) is 7.66. The van der Waals surface area contributed by atoms with Crippen LogP contribution in [0.15, 0.2) is 60.9 Å². The van der Waals surface area contributed by atoms with Crippen LogP contribution in [0.5, 0.6) is 5.75 Å². The molecule has 2 aromatic carbocycles. The molecule has 150 valence electrons. The molecule has 1 saturated heterocycles. The molecule has 1 fully saturated rings. The Hall–Kier alpha value is -2.92. The minimum atomic E-state index is -0.147. The van der Waals surface area contributed by atoms with Crippen molar-refractivity contribution in [2.45, 2.75) is 19.4 Å². The lowest BCUT2D eigenvalue weighted by molar-refractivity contribution is -0.134. The molecule has 5 nitrogen and oxygen atoms in total. The second kappa shape index (κ2) is 8.62. The van der Waals surface area contributed by atoms with Gasteiger partial charge in [-0.15, -0.1) is 0 Å². The molecular formula is C24H27N3O2. The van der Waals surface area contributed by atoms with Gasteiger partial charge in [-0.2, -0.15) is 0 Å². The van der Waals surface area contributed by atoms with Crippen LogP contribution in [-0.2, 0) is 11.3 Å². The van der Waals surface area contributed by atoms with E-state index in [1.807, 2.05) is 42.3 Å². The first-order valence-electron chi connectivity index (χ1n) is 10.1. The minimum Gasteiger partial charge on any atom is -0.497 e. The molecule has 0 bridgehead atoms. The van der Waals surface area contributed by atoms with E-state index < -0.39 is 0 Å². The number of benzene rings is 2. The molecule has 2 heterocycles. The van der Waals surface area contributed by atoms with Crippen molar-refractivity contribution in [2.75, 3.05) is 33.3 Å². The lowest BCUT2D eigenvalue weighted by atomic mass is 9.96. The van der Waals surface area contributed by atoms with Crippen molar-refractivity contribution < 1.29 is 9.53 Å². The molecule has 1 aliphatic rings. The van der Waals surface area contributed by atoms with Gasteiger partial charge in [-0.3, -0.25) is 14.7 Å². The van der Waals surface area contributed by atoms with E-state index in [0.717, 1.165) is 54.8 Å². The van der Waals surface area contributed by atoms with Crippen molar-refractivity contribution in [1.29, 1.82) is 0 Å². The fraction of sp³-hybridized carbons (Fsp3) is 0.333. The monoisotopic (exact) mass is 389 g/mol. The van der Waals surface area contributed by atoms with Gasteiger partial charge in [-0.05, 0) is 47.0 Å². The van der Waals surface area contributed by atoms with E-state index in [-0.39, 0.29) is 11.8 Å². The summed E-state index contributed by atoms with van der Waals surface area (Å²) in [5.41, 5.74) is 2.28. The summed E-state index contributed by atoms with van der Waals surface area (Å²) in [7, 11) is 1.67. The van der Waals surface area contributed by atoms with Gasteiger partial charge in [-0.25, -0.2) is 0 Å². The van der Waals surface area contributed by atoms with Gasteiger partial charge in [0.25, 0.3) is 0 Å². The molecule has 1 aromatic heterocycles. The summed E-state index contributed by atoms with van der Waals surface area (Å²) in [5, 5.41) is 2.25. The minimum absolute atomic E-state index is 0.147. The van der Waals surface area contributed by atoms with E-state index in [2.05, 4.69) is 34.1 Å². The smallest absolute Gasteiger partial charge is 0.229 e. The van der Waals surface area contributed by atoms with Crippen LogP contribution in [0.4, 0.5) is 0 Å². The number of nitrogens with zero attached hydrogens (tertiary/aromatic N) is 3. The first kappa shape index (κ1) is 19.4. The molecule has 0 spiro atoms. The Kier molecular flexibility index (Phi) is 5.76. The third kappa shape index (κ3) is 4.40. The number of carbonyl (C=O) groups excluding carboxylic acids is 1. The van der Waals surface area contributed by atoms with E-state index in [1.54, 1.807) is 13.3 Å². The molecule has 0 aliphatic carbocycles. The molecule has 0 unspecified atom stereocenters. The first-order chi connectivity index (χ1) is 14.1. The van der Waals surface area contributed by atoms with Crippen LogP contribution < -0.4 is 4.74 Å². The molecule has 0 saturated carbocycles. The summed E-state index contributed by atoms with van der Waals surface area (Å²) in [6.45, 7) is 6.23. The van der Waals surface area contributed by atoms with E-state index in [4.69, 9.17) is 4.74 Å². The highest BCUT2D eigenvalue weighted by molar-refractivity contribution is 5.88. The Balaban J connectivity index is 1.39. The quantitative estimate of drug-likeness (QED) is 0.668. The average Bonchev–Trinajstić information content (AvgIpc) is 2.78. The van der Waals surface area contributed by atoms with Gasteiger partial charge < -0.3 is 9.64 Å². The van der Waals surface area contributed by atoms with Crippen LogP contribution in [-0.4, -0.2) is 54.0 Å². The number of methoxy groups -OCH3 is 1. The number of aromatic nitrogens is 1. The van der Waals surface area contributed by atoms with Crippen LogP contribution >= 0.6 is 0 Å². The van der Waals surface area contributed by atoms with Crippen molar-refractivity contribution in [3.8, 4) is 5.75 Å². The van der Waals surface area contributed by atoms with Crippen molar-refractivity contribution in [3.63, 3.8) is 0 Å². The van der Waals surface area contributed by atoms with Gasteiger partial charge in [0.05, 0.1) is 13.0 Å². The Morgan fingerprint density at radius 3 is 2.55 bits per heavy atom. The van der Waals surface area contributed by atoms with E-state index in [1.165, 1.54) is 5.56 Å². The number of hydrogen-bond donors (Lipinski definition) is 0. The fourth-order valence-corrected chi connectivity index (χ4v) is 3.93. The van der Waals surface area contributed by atoms with Crippen LogP contribution in [0.3, 0.4) is 0 Å². The normalized spacial score (nSPS) is 16.0. The lowest BCUT2D eigenvalue weighted by Gasteiger charge is -2.36. The summed E-state index contributed by atoms with van der Waals surface area (Å²) < 4.78 is 5.30. The van der Waals surface area contributed by atoms with Gasteiger partial charge in [0.15, 0.2) is 0 Å². The van der Waals surface area contributed by atoms with Gasteiger partial charge in [0.1, 0.15) is 5.75 Å². The predicted octanol–water partition coefficient (Wildman–Crippen LogP) is 3.69. The highest BCUT2D eigenvalue weighted by Crippen LogP contribution is 2.26. The molecule has 29 heavy (non-hydrogen) atoms. The molecule has 0 N–H and O–H groups in total. The van der Waals surface area contributed by atoms with E-state index in [9.17, 15) is 4.79 Å². The standard InChI is InChI=1S/C24H27N3O2/c1-18(20-5-6-22-15-23(29-2)8-7-21(22)14-20)24(28)27-12-10-26(11-13-27)17-19-4-3-9-25-16-19/h3-9,14-16,18H,10-13,17H2,1-2H3/t18-/m0/s1. The largest absolute Gasteiger partial charge is 0.497 e. The molecule has 5 heteroatoms. The number of carbonyl (C=O) groups is 1. The van der Waals surface area contributed by atoms with Crippen LogP contribution in [0.2, 0.25) is 0 Å². The Morgan fingerprint density at radius 1 is 1.07 bits per heavy atom. The number of ether oxygens (including phenoxy) is 1. The van der Waals surface area contributed by atoms with Crippen molar-refractivity contribution >= 4 is 16.7 Å². The zero-order valence-electron chi connectivity index (χ0n) is 17.0. The van der Waals surface area contributed by atoms with Gasteiger partial charge in [-0.1, -0.05) is 30.3 Å². The highest BCUT2D eigenvalue weighted by atomic mass is 16.5. The third-order valence-corrected chi connectivity index (χ3v) is 5.75. The Bertz CT molecular complexity index is 982. The van der Waals surface area contributed by atoms with Gasteiger partial charge in [0, 0.05) is 45.1 Å². The van der Waals surface area contributed by atoms with Crippen LogP contribution in [0.1, 0.15) is 24.0 Å². The fourth-order valence-electron chi connectivity index (χ4n) is 3.93. The maximum absolute atomic E-state index is 13.1. The topological polar surface area (TPSA) is 45.7 Å². The van der Waals surface area contributed by atoms with Crippen LogP contribution in [0.25, 0.3) is 10.8 Å². The third-order valence-electron chi connectivity index (χ3n) is 5.75. The molecule has 1 atom stereocenters. The number of fused-ring (bicyclic) bond motifs is 1. The molecular weight excluding hydrogens is 362 g/mol. The molecule has 0 radical (unpaired) electrons. The van der Waals surface area contributed by atoms with Crippen molar-refractivity contribution in [1.82, 2.24) is 14.8 Å². The number of piperazine rings is 1. The van der Waals surface area contributed by atoms with Crippen LogP contribution in [0, 0.1) is 0 Å². The maximum atomic E-state index is 13.1. The number of rotatable bonds is 5. The Morgan fingerprint density at radius 2 is 1.83 bits per heavy atom. The molecule has 4 rings (SSSR count). The number of hydrogen-bond acceptors (Lipinski definition) is 4. The number of pyridine rings is 1. The average molecular weight is 389 g/mol.